The highest BCUT2D eigenvalue weighted by Gasteiger charge is 2.03. The van der Waals surface area contributed by atoms with E-state index < -0.39 is 0 Å². The number of halogens is 1. The Labute approximate surface area is 103 Å². The molecule has 2 rings (SSSR count). The number of methoxy groups -OCH3 is 1. The predicted molar refractivity (Wildman–Crippen MR) is 70.5 cm³/mol. The quantitative estimate of drug-likeness (QED) is 0.850. The first-order valence-corrected chi connectivity index (χ1v) is 5.69. The van der Waals surface area contributed by atoms with E-state index in [9.17, 15) is 0 Å². The van der Waals surface area contributed by atoms with Crippen LogP contribution in [-0.2, 0) is 0 Å². The Morgan fingerprint density at radius 2 is 1.81 bits per heavy atom. The zero-order chi connectivity index (χ0) is 11.5. The summed E-state index contributed by atoms with van der Waals surface area (Å²) in [5.74, 6) is 0.819. The monoisotopic (exact) mass is 277 g/mol. The third-order valence-electron chi connectivity index (χ3n) is 2.37. The smallest absolute Gasteiger partial charge is 0.133 e. The molecule has 0 spiro atoms. The van der Waals surface area contributed by atoms with Gasteiger partial charge >= 0.3 is 0 Å². The summed E-state index contributed by atoms with van der Waals surface area (Å²) < 4.78 is 6.21. The van der Waals surface area contributed by atoms with Crippen molar-refractivity contribution in [3.05, 3.63) is 46.9 Å². The Bertz CT molecular complexity index is 511. The van der Waals surface area contributed by atoms with Crippen LogP contribution in [0.15, 0.2) is 46.9 Å². The summed E-state index contributed by atoms with van der Waals surface area (Å²) >= 11 is 3.43. The molecule has 0 amide bonds. The molecule has 0 bridgehead atoms. The van der Waals surface area contributed by atoms with E-state index in [1.807, 2.05) is 42.5 Å². The van der Waals surface area contributed by atoms with E-state index in [0.29, 0.717) is 0 Å². The van der Waals surface area contributed by atoms with Gasteiger partial charge in [0.2, 0.25) is 0 Å². The molecule has 82 valence electrons. The van der Waals surface area contributed by atoms with Gasteiger partial charge in [-0.3, -0.25) is 0 Å². The minimum atomic E-state index is 0.763. The molecule has 0 saturated heterocycles. The summed E-state index contributed by atoms with van der Waals surface area (Å²) in [4.78, 5) is 0. The molecule has 16 heavy (non-hydrogen) atoms. The van der Waals surface area contributed by atoms with Gasteiger partial charge < -0.3 is 10.5 Å². The zero-order valence-electron chi connectivity index (χ0n) is 8.91. The lowest BCUT2D eigenvalue weighted by Gasteiger charge is -2.07. The predicted octanol–water partition coefficient (Wildman–Crippen LogP) is 3.71. The maximum Gasteiger partial charge on any atom is 0.133 e. The first-order chi connectivity index (χ1) is 7.70. The number of ether oxygens (including phenoxy) is 1. The van der Waals surface area contributed by atoms with Crippen molar-refractivity contribution in [2.45, 2.75) is 0 Å². The van der Waals surface area contributed by atoms with Crippen LogP contribution >= 0.6 is 15.9 Å². The normalized spacial score (nSPS) is 10.1. The van der Waals surface area contributed by atoms with Crippen molar-refractivity contribution in [2.24, 2.45) is 0 Å². The van der Waals surface area contributed by atoms with Crippen LogP contribution < -0.4 is 10.5 Å². The minimum Gasteiger partial charge on any atom is -0.496 e. The summed E-state index contributed by atoms with van der Waals surface area (Å²) in [6, 6.07) is 13.8. The molecule has 2 nitrogen and oxygen atoms in total. The maximum atomic E-state index is 5.76. The molecule has 2 aromatic rings. The zero-order valence-corrected chi connectivity index (χ0v) is 10.5. The molecule has 0 fully saturated rings. The van der Waals surface area contributed by atoms with Gasteiger partial charge in [-0.15, -0.1) is 0 Å². The highest BCUT2D eigenvalue weighted by molar-refractivity contribution is 9.10. The van der Waals surface area contributed by atoms with Gasteiger partial charge in [0.15, 0.2) is 0 Å². The molecule has 2 N–H and O–H groups in total. The van der Waals surface area contributed by atoms with Crippen LogP contribution in [0, 0.1) is 0 Å². The van der Waals surface area contributed by atoms with Gasteiger partial charge in [0.25, 0.3) is 0 Å². The lowest BCUT2D eigenvalue weighted by molar-refractivity contribution is 0.412. The molecule has 0 aliphatic rings. The third-order valence-corrected chi connectivity index (χ3v) is 3.03. The van der Waals surface area contributed by atoms with Crippen LogP contribution in [0.25, 0.3) is 11.1 Å². The van der Waals surface area contributed by atoms with Crippen LogP contribution in [0.4, 0.5) is 5.69 Å². The molecule has 3 heteroatoms. The average Bonchev–Trinajstić information content (AvgIpc) is 2.29. The number of anilines is 1. The Balaban J connectivity index is 2.48. The van der Waals surface area contributed by atoms with Crippen molar-refractivity contribution < 1.29 is 4.74 Å². The van der Waals surface area contributed by atoms with Crippen molar-refractivity contribution in [2.75, 3.05) is 12.8 Å². The molecule has 0 unspecified atom stereocenters. The highest BCUT2D eigenvalue weighted by Crippen LogP contribution is 2.31. The van der Waals surface area contributed by atoms with Crippen LogP contribution in [0.1, 0.15) is 0 Å². The molecule has 2 aromatic carbocycles. The number of nitrogens with two attached hydrogens (primary N) is 1. The van der Waals surface area contributed by atoms with E-state index in [0.717, 1.165) is 27.0 Å². The largest absolute Gasteiger partial charge is 0.496 e. The second-order valence-corrected chi connectivity index (χ2v) is 4.33. The summed E-state index contributed by atoms with van der Waals surface area (Å²) in [7, 11) is 1.66. The van der Waals surface area contributed by atoms with E-state index >= 15 is 0 Å². The Morgan fingerprint density at radius 1 is 1.06 bits per heavy atom. The van der Waals surface area contributed by atoms with Crippen LogP contribution in [0.3, 0.4) is 0 Å². The Kier molecular flexibility index (Phi) is 3.15. The van der Waals surface area contributed by atoms with E-state index in [2.05, 4.69) is 15.9 Å². The topological polar surface area (TPSA) is 35.2 Å². The molecule has 0 aliphatic carbocycles. The lowest BCUT2D eigenvalue weighted by Crippen LogP contribution is -1.87. The molecule has 0 heterocycles. The highest BCUT2D eigenvalue weighted by atomic mass is 79.9. The van der Waals surface area contributed by atoms with E-state index in [-0.39, 0.29) is 0 Å². The molecule has 0 radical (unpaired) electrons. The number of benzene rings is 2. The third kappa shape index (κ3) is 2.19. The Hall–Kier alpha value is -1.48. The van der Waals surface area contributed by atoms with Crippen LogP contribution in [-0.4, -0.2) is 7.11 Å². The number of hydrogen-bond donors (Lipinski definition) is 1. The van der Waals surface area contributed by atoms with Gasteiger partial charge in [-0.05, 0) is 51.3 Å². The SMILES string of the molecule is COc1cc(-c2cccc(N)c2)ccc1Br. The summed E-state index contributed by atoms with van der Waals surface area (Å²) in [6.07, 6.45) is 0. The second-order valence-electron chi connectivity index (χ2n) is 3.47. The molecule has 0 aromatic heterocycles. The van der Waals surface area contributed by atoms with Crippen molar-refractivity contribution in [1.82, 2.24) is 0 Å². The van der Waals surface area contributed by atoms with Gasteiger partial charge in [0, 0.05) is 5.69 Å². The standard InChI is InChI=1S/C13H12BrNO/c1-16-13-8-10(5-6-12(13)14)9-3-2-4-11(15)7-9/h2-8H,15H2,1H3. The van der Waals surface area contributed by atoms with Crippen molar-refractivity contribution in [3.63, 3.8) is 0 Å². The second kappa shape index (κ2) is 4.58. The van der Waals surface area contributed by atoms with Gasteiger partial charge in [0.05, 0.1) is 11.6 Å². The fourth-order valence-corrected chi connectivity index (χ4v) is 1.97. The maximum absolute atomic E-state index is 5.76. The van der Waals surface area contributed by atoms with Gasteiger partial charge in [-0.1, -0.05) is 18.2 Å². The van der Waals surface area contributed by atoms with Gasteiger partial charge in [-0.25, -0.2) is 0 Å². The summed E-state index contributed by atoms with van der Waals surface area (Å²) in [6.45, 7) is 0. The number of rotatable bonds is 2. The average molecular weight is 278 g/mol. The first kappa shape index (κ1) is 11.0. The molecular formula is C13H12BrNO. The van der Waals surface area contributed by atoms with Crippen LogP contribution in [0.2, 0.25) is 0 Å². The van der Waals surface area contributed by atoms with E-state index in [1.54, 1.807) is 7.11 Å². The Morgan fingerprint density at radius 3 is 2.50 bits per heavy atom. The first-order valence-electron chi connectivity index (χ1n) is 4.90. The fraction of sp³-hybridized carbons (Fsp3) is 0.0769. The number of nitrogen functional groups attached to an aromatic ring is 1. The molecule has 0 saturated carbocycles. The summed E-state index contributed by atoms with van der Waals surface area (Å²) in [5.41, 5.74) is 8.70. The van der Waals surface area contributed by atoms with E-state index in [4.69, 9.17) is 10.5 Å². The number of hydrogen-bond acceptors (Lipinski definition) is 2. The van der Waals surface area contributed by atoms with Gasteiger partial charge in [-0.2, -0.15) is 0 Å². The lowest BCUT2D eigenvalue weighted by atomic mass is 10.1. The van der Waals surface area contributed by atoms with Crippen LogP contribution in [0.5, 0.6) is 5.75 Å². The van der Waals surface area contributed by atoms with E-state index in [1.165, 1.54) is 0 Å². The summed E-state index contributed by atoms with van der Waals surface area (Å²) in [5, 5.41) is 0. The molecule has 0 atom stereocenters. The van der Waals surface area contributed by atoms with Crippen molar-refractivity contribution in [3.8, 4) is 16.9 Å². The van der Waals surface area contributed by atoms with Crippen molar-refractivity contribution >= 4 is 21.6 Å². The van der Waals surface area contributed by atoms with Gasteiger partial charge in [0.1, 0.15) is 5.75 Å². The van der Waals surface area contributed by atoms with Crippen molar-refractivity contribution in [1.29, 1.82) is 0 Å². The molecule has 0 aliphatic heterocycles. The minimum absolute atomic E-state index is 0.763. The molecular weight excluding hydrogens is 266 g/mol. The fourth-order valence-electron chi connectivity index (χ4n) is 1.56.